The van der Waals surface area contributed by atoms with Crippen LogP contribution >= 0.6 is 0 Å². The molecule has 1 heteroatoms. The Hall–Kier alpha value is -0.330. The molecule has 0 aromatic rings. The summed E-state index contributed by atoms with van der Waals surface area (Å²) in [6.45, 7) is 13.8. The molecule has 0 saturated heterocycles. The van der Waals surface area contributed by atoms with Crippen molar-refractivity contribution in [2.24, 2.45) is 29.1 Å². The van der Waals surface area contributed by atoms with Crippen molar-refractivity contribution in [2.75, 3.05) is 0 Å². The molecule has 3 atom stereocenters. The summed E-state index contributed by atoms with van der Waals surface area (Å²) in [4.78, 5) is 12.5. The zero-order valence-electron chi connectivity index (χ0n) is 18.2. The van der Waals surface area contributed by atoms with Crippen LogP contribution in [0.15, 0.2) is 0 Å². The number of carbonyl (C=O) groups excluding carboxylic acids is 1. The zero-order valence-corrected chi connectivity index (χ0v) is 18.2. The number of Topliss-reactive ketones (excluding diaryl/α,β-unsaturated/α-hetero) is 1. The van der Waals surface area contributed by atoms with Crippen molar-refractivity contribution in [3.8, 4) is 0 Å². The molecule has 0 amide bonds. The van der Waals surface area contributed by atoms with Gasteiger partial charge in [0.15, 0.2) is 0 Å². The third-order valence-electron chi connectivity index (χ3n) is 6.15. The van der Waals surface area contributed by atoms with Crippen LogP contribution in [0.25, 0.3) is 0 Å². The first-order valence-electron chi connectivity index (χ1n) is 11.2. The van der Waals surface area contributed by atoms with Crippen LogP contribution < -0.4 is 0 Å². The second kappa shape index (κ2) is 11.4. The van der Waals surface area contributed by atoms with Crippen molar-refractivity contribution in [3.63, 3.8) is 0 Å². The Labute approximate surface area is 158 Å². The van der Waals surface area contributed by atoms with E-state index < -0.39 is 0 Å². The molecule has 0 aromatic carbocycles. The second-order valence-corrected chi connectivity index (χ2v) is 10.6. The van der Waals surface area contributed by atoms with E-state index >= 15 is 0 Å². The smallest absolute Gasteiger partial charge is 0.136 e. The van der Waals surface area contributed by atoms with Crippen LogP contribution in [-0.2, 0) is 4.79 Å². The van der Waals surface area contributed by atoms with Gasteiger partial charge in [-0.25, -0.2) is 0 Å². The Morgan fingerprint density at radius 1 is 1.00 bits per heavy atom. The first kappa shape index (κ1) is 22.7. The van der Waals surface area contributed by atoms with E-state index in [1.54, 1.807) is 0 Å². The van der Waals surface area contributed by atoms with Gasteiger partial charge in [0.25, 0.3) is 0 Å². The Bertz CT molecular complexity index is 363. The normalized spacial score (nSPS) is 23.0. The third kappa shape index (κ3) is 11.1. The van der Waals surface area contributed by atoms with Crippen molar-refractivity contribution in [1.29, 1.82) is 0 Å². The van der Waals surface area contributed by atoms with Gasteiger partial charge in [-0.1, -0.05) is 92.9 Å². The largest absolute Gasteiger partial charge is 0.299 e. The van der Waals surface area contributed by atoms with E-state index in [0.29, 0.717) is 11.7 Å². The highest BCUT2D eigenvalue weighted by Gasteiger charge is 2.27. The molecule has 0 heterocycles. The highest BCUT2D eigenvalue weighted by molar-refractivity contribution is 5.81. The standard InChI is InChI=1S/C24H46O/c1-19(2)10-7-11-20(3)12-8-13-21-14-9-15-22(18-21)23(25)16-17-24(4,5)6/h19-22H,7-18H2,1-6H3. The minimum Gasteiger partial charge on any atom is -0.299 e. The first-order valence-corrected chi connectivity index (χ1v) is 11.2. The van der Waals surface area contributed by atoms with Crippen molar-refractivity contribution in [2.45, 2.75) is 119 Å². The molecule has 1 saturated carbocycles. The van der Waals surface area contributed by atoms with Crippen LogP contribution in [0.3, 0.4) is 0 Å². The van der Waals surface area contributed by atoms with Gasteiger partial charge in [0.1, 0.15) is 5.78 Å². The molecule has 1 nitrogen and oxygen atoms in total. The summed E-state index contributed by atoms with van der Waals surface area (Å²) in [6, 6.07) is 0. The van der Waals surface area contributed by atoms with Crippen LogP contribution in [0.5, 0.6) is 0 Å². The summed E-state index contributed by atoms with van der Waals surface area (Å²) >= 11 is 0. The average molecular weight is 351 g/mol. The van der Waals surface area contributed by atoms with E-state index in [0.717, 1.165) is 37.0 Å². The molecule has 148 valence electrons. The quantitative estimate of drug-likeness (QED) is 0.371. The molecule has 0 N–H and O–H groups in total. The summed E-state index contributed by atoms with van der Waals surface area (Å²) in [5.41, 5.74) is 0.287. The molecule has 1 rings (SSSR count). The fourth-order valence-corrected chi connectivity index (χ4v) is 4.32. The zero-order chi connectivity index (χ0) is 18.9. The summed E-state index contributed by atoms with van der Waals surface area (Å²) in [6.07, 6.45) is 15.1. The van der Waals surface area contributed by atoms with Crippen molar-refractivity contribution < 1.29 is 4.79 Å². The van der Waals surface area contributed by atoms with Crippen molar-refractivity contribution in [3.05, 3.63) is 0 Å². The lowest BCUT2D eigenvalue weighted by Gasteiger charge is -2.29. The van der Waals surface area contributed by atoms with E-state index in [1.807, 2.05) is 0 Å². The lowest BCUT2D eigenvalue weighted by atomic mass is 9.75. The molecular formula is C24H46O. The van der Waals surface area contributed by atoms with Gasteiger partial charge in [0, 0.05) is 12.3 Å². The monoisotopic (exact) mass is 350 g/mol. The molecule has 25 heavy (non-hydrogen) atoms. The van der Waals surface area contributed by atoms with E-state index in [1.165, 1.54) is 57.8 Å². The molecule has 0 radical (unpaired) electrons. The Morgan fingerprint density at radius 3 is 2.32 bits per heavy atom. The van der Waals surface area contributed by atoms with Gasteiger partial charge >= 0.3 is 0 Å². The van der Waals surface area contributed by atoms with E-state index in [9.17, 15) is 4.79 Å². The fraction of sp³-hybridized carbons (Fsp3) is 0.958. The summed E-state index contributed by atoms with van der Waals surface area (Å²) in [5, 5.41) is 0. The lowest BCUT2D eigenvalue weighted by Crippen LogP contribution is -2.24. The molecule has 0 aliphatic heterocycles. The maximum Gasteiger partial charge on any atom is 0.136 e. The van der Waals surface area contributed by atoms with Gasteiger partial charge in [0.2, 0.25) is 0 Å². The molecule has 0 bridgehead atoms. The van der Waals surface area contributed by atoms with E-state index in [2.05, 4.69) is 41.5 Å². The Kier molecular flexibility index (Phi) is 10.4. The van der Waals surface area contributed by atoms with Crippen LogP contribution in [0.4, 0.5) is 0 Å². The lowest BCUT2D eigenvalue weighted by molar-refractivity contribution is -0.124. The fourth-order valence-electron chi connectivity index (χ4n) is 4.32. The van der Waals surface area contributed by atoms with Crippen LogP contribution in [0, 0.1) is 29.1 Å². The highest BCUT2D eigenvalue weighted by atomic mass is 16.1. The minimum atomic E-state index is 0.287. The number of hydrogen-bond donors (Lipinski definition) is 0. The van der Waals surface area contributed by atoms with Gasteiger partial charge in [-0.15, -0.1) is 0 Å². The summed E-state index contributed by atoms with van der Waals surface area (Å²) in [7, 11) is 0. The first-order chi connectivity index (χ1) is 11.7. The second-order valence-electron chi connectivity index (χ2n) is 10.6. The predicted octanol–water partition coefficient (Wildman–Crippen LogP) is 7.82. The van der Waals surface area contributed by atoms with E-state index in [-0.39, 0.29) is 5.41 Å². The molecule has 0 aromatic heterocycles. The van der Waals surface area contributed by atoms with Crippen LogP contribution in [-0.4, -0.2) is 5.78 Å². The van der Waals surface area contributed by atoms with Crippen molar-refractivity contribution >= 4 is 5.78 Å². The summed E-state index contributed by atoms with van der Waals surface area (Å²) in [5.74, 6) is 3.49. The summed E-state index contributed by atoms with van der Waals surface area (Å²) < 4.78 is 0. The predicted molar refractivity (Wildman–Crippen MR) is 111 cm³/mol. The highest BCUT2D eigenvalue weighted by Crippen LogP contribution is 2.35. The van der Waals surface area contributed by atoms with Gasteiger partial charge in [-0.05, 0) is 42.4 Å². The maximum atomic E-state index is 12.5. The van der Waals surface area contributed by atoms with Crippen LogP contribution in [0.1, 0.15) is 119 Å². The van der Waals surface area contributed by atoms with Gasteiger partial charge in [0.05, 0.1) is 0 Å². The Balaban J connectivity index is 2.21. The van der Waals surface area contributed by atoms with E-state index in [4.69, 9.17) is 0 Å². The van der Waals surface area contributed by atoms with Crippen LogP contribution in [0.2, 0.25) is 0 Å². The van der Waals surface area contributed by atoms with Crippen molar-refractivity contribution in [1.82, 2.24) is 0 Å². The maximum absolute atomic E-state index is 12.5. The third-order valence-corrected chi connectivity index (χ3v) is 6.15. The van der Waals surface area contributed by atoms with Gasteiger partial charge < -0.3 is 0 Å². The number of hydrogen-bond acceptors (Lipinski definition) is 1. The topological polar surface area (TPSA) is 17.1 Å². The molecule has 0 spiro atoms. The number of ketones is 1. The molecule has 3 unspecified atom stereocenters. The van der Waals surface area contributed by atoms with Gasteiger partial charge in [-0.2, -0.15) is 0 Å². The van der Waals surface area contributed by atoms with Gasteiger partial charge in [-0.3, -0.25) is 4.79 Å². The molecule has 1 aliphatic carbocycles. The number of carbonyl (C=O) groups is 1. The Morgan fingerprint density at radius 2 is 1.68 bits per heavy atom. The SMILES string of the molecule is CC(C)CCCC(C)CCCC1CCCC(C(=O)CCC(C)(C)C)C1. The molecular weight excluding hydrogens is 304 g/mol. The number of rotatable bonds is 11. The minimum absolute atomic E-state index is 0.287. The molecule has 1 aliphatic rings. The average Bonchev–Trinajstić information content (AvgIpc) is 2.52. The molecule has 1 fully saturated rings.